The monoisotopic (exact) mass is 387 g/mol. The zero-order chi connectivity index (χ0) is 19.8. The smallest absolute Gasteiger partial charge is 0.277 e. The van der Waals surface area contributed by atoms with Crippen molar-refractivity contribution in [2.24, 2.45) is 0 Å². The number of fused-ring (bicyclic) bond motifs is 2. The number of carbonyl (C=O) groups is 2. The maximum atomic E-state index is 13.0. The summed E-state index contributed by atoms with van der Waals surface area (Å²) in [6.45, 7) is 3.45. The summed E-state index contributed by atoms with van der Waals surface area (Å²) >= 11 is 0. The molecule has 0 aromatic carbocycles. The number of nitrogens with zero attached hydrogens (tertiary/aromatic N) is 4. The lowest BCUT2D eigenvalue weighted by atomic mass is 9.93. The summed E-state index contributed by atoms with van der Waals surface area (Å²) < 4.78 is 1.47. The van der Waals surface area contributed by atoms with Crippen molar-refractivity contribution < 1.29 is 14.7 Å². The van der Waals surface area contributed by atoms with Crippen LogP contribution >= 0.6 is 0 Å². The average Bonchev–Trinajstić information content (AvgIpc) is 3.17. The van der Waals surface area contributed by atoms with Crippen LogP contribution in [0.3, 0.4) is 0 Å². The third kappa shape index (κ3) is 3.19. The number of amides is 2. The van der Waals surface area contributed by atoms with Crippen molar-refractivity contribution in [3.8, 4) is 0 Å². The summed E-state index contributed by atoms with van der Waals surface area (Å²) in [6.07, 6.45) is 2.56. The van der Waals surface area contributed by atoms with Crippen LogP contribution in [0, 0.1) is 0 Å². The molecule has 150 valence electrons. The average molecular weight is 387 g/mol. The number of hydrogen-bond donors (Lipinski definition) is 2. The Morgan fingerprint density at radius 3 is 2.64 bits per heavy atom. The number of rotatable bonds is 3. The van der Waals surface area contributed by atoms with Crippen LogP contribution in [0.4, 0.5) is 0 Å². The van der Waals surface area contributed by atoms with Crippen LogP contribution in [0.15, 0.2) is 10.9 Å². The van der Waals surface area contributed by atoms with Gasteiger partial charge in [0.1, 0.15) is 6.61 Å². The molecule has 2 amide bonds. The van der Waals surface area contributed by atoms with E-state index >= 15 is 0 Å². The maximum Gasteiger partial charge on any atom is 0.277 e. The Morgan fingerprint density at radius 2 is 1.96 bits per heavy atom. The first-order chi connectivity index (χ1) is 13.5. The summed E-state index contributed by atoms with van der Waals surface area (Å²) in [6, 6.07) is 1.92. The molecule has 0 aliphatic carbocycles. The van der Waals surface area contributed by atoms with E-state index < -0.39 is 6.61 Å². The molecule has 2 aromatic rings. The molecule has 4 heterocycles. The zero-order valence-corrected chi connectivity index (χ0v) is 16.0. The van der Waals surface area contributed by atoms with Gasteiger partial charge in [-0.15, -0.1) is 0 Å². The standard InChI is InChI=1S/C19H25N5O4/c1-2-17(26)23-8-5-14-13(10-23)19(28)24-16(20-14)9-15(21-24)12-3-6-22(7-4-12)18(27)11-25/h9,12,21,25H,2-8,10-11H2,1H3. The zero-order valence-electron chi connectivity index (χ0n) is 16.0. The molecule has 9 heteroatoms. The van der Waals surface area contributed by atoms with Crippen molar-refractivity contribution in [2.75, 3.05) is 26.2 Å². The second kappa shape index (κ2) is 7.38. The fourth-order valence-electron chi connectivity index (χ4n) is 4.19. The van der Waals surface area contributed by atoms with Gasteiger partial charge in [-0.25, -0.2) is 9.50 Å². The molecule has 28 heavy (non-hydrogen) atoms. The predicted molar refractivity (Wildman–Crippen MR) is 101 cm³/mol. The molecule has 0 spiro atoms. The third-order valence-corrected chi connectivity index (χ3v) is 5.86. The first kappa shape index (κ1) is 18.7. The Balaban J connectivity index is 1.59. The topological polar surface area (TPSA) is 111 Å². The summed E-state index contributed by atoms with van der Waals surface area (Å²) in [5.41, 5.74) is 2.75. The Kier molecular flexibility index (Phi) is 4.92. The number of nitrogens with one attached hydrogen (secondary N) is 1. The normalized spacial score (nSPS) is 17.8. The molecule has 0 radical (unpaired) electrons. The lowest BCUT2D eigenvalue weighted by molar-refractivity contribution is -0.135. The molecular formula is C19H25N5O4. The van der Waals surface area contributed by atoms with Gasteiger partial charge in [-0.1, -0.05) is 6.92 Å². The van der Waals surface area contributed by atoms with Crippen molar-refractivity contribution in [3.63, 3.8) is 0 Å². The van der Waals surface area contributed by atoms with Gasteiger partial charge in [-0.3, -0.25) is 19.5 Å². The molecule has 0 unspecified atom stereocenters. The fourth-order valence-corrected chi connectivity index (χ4v) is 4.19. The van der Waals surface area contributed by atoms with Gasteiger partial charge in [-0.05, 0) is 12.8 Å². The first-order valence-corrected chi connectivity index (χ1v) is 9.81. The molecule has 0 atom stereocenters. The number of aromatic nitrogens is 3. The van der Waals surface area contributed by atoms with Gasteiger partial charge in [0.2, 0.25) is 11.8 Å². The second-order valence-electron chi connectivity index (χ2n) is 7.48. The van der Waals surface area contributed by atoms with E-state index in [1.165, 1.54) is 4.52 Å². The minimum Gasteiger partial charge on any atom is -0.387 e. The molecule has 4 rings (SSSR count). The van der Waals surface area contributed by atoms with Gasteiger partial charge in [0.15, 0.2) is 5.65 Å². The van der Waals surface area contributed by atoms with Gasteiger partial charge in [0.25, 0.3) is 5.56 Å². The number of H-pyrrole nitrogens is 1. The van der Waals surface area contributed by atoms with Gasteiger partial charge in [-0.2, -0.15) is 0 Å². The number of aliphatic hydroxyl groups is 1. The highest BCUT2D eigenvalue weighted by Gasteiger charge is 2.27. The van der Waals surface area contributed by atoms with Crippen LogP contribution in [0.5, 0.6) is 0 Å². The molecule has 2 aliphatic rings. The Bertz CT molecular complexity index is 971. The molecule has 2 aromatic heterocycles. The Morgan fingerprint density at radius 1 is 1.21 bits per heavy atom. The van der Waals surface area contributed by atoms with Gasteiger partial charge in [0.05, 0.1) is 17.8 Å². The Labute approximate surface area is 161 Å². The minimum absolute atomic E-state index is 0.0477. The molecule has 2 N–H and O–H groups in total. The van der Waals surface area contributed by atoms with Gasteiger partial charge >= 0.3 is 0 Å². The lowest BCUT2D eigenvalue weighted by Crippen LogP contribution is -2.40. The summed E-state index contributed by atoms with van der Waals surface area (Å²) in [4.78, 5) is 44.7. The van der Waals surface area contributed by atoms with E-state index in [4.69, 9.17) is 5.11 Å². The number of aliphatic hydroxyl groups excluding tert-OH is 1. The summed E-state index contributed by atoms with van der Waals surface area (Å²) in [5, 5.41) is 12.2. The van der Waals surface area contributed by atoms with E-state index in [-0.39, 0.29) is 23.3 Å². The molecule has 1 saturated heterocycles. The van der Waals surface area contributed by atoms with E-state index in [0.29, 0.717) is 50.2 Å². The summed E-state index contributed by atoms with van der Waals surface area (Å²) in [7, 11) is 0. The predicted octanol–water partition coefficient (Wildman–Crippen LogP) is 0.0156. The Hall–Kier alpha value is -2.68. The van der Waals surface area contributed by atoms with Gasteiger partial charge < -0.3 is 14.9 Å². The van der Waals surface area contributed by atoms with Crippen LogP contribution in [-0.4, -0.2) is 67.6 Å². The lowest BCUT2D eigenvalue weighted by Gasteiger charge is -2.31. The SMILES string of the molecule is CCC(=O)N1CCc2nc3cc(C4CCN(C(=O)CO)CC4)[nH]n3c(=O)c2C1. The highest BCUT2D eigenvalue weighted by atomic mass is 16.3. The largest absolute Gasteiger partial charge is 0.387 e. The van der Waals surface area contributed by atoms with E-state index in [1.54, 1.807) is 9.80 Å². The van der Waals surface area contributed by atoms with E-state index in [0.717, 1.165) is 24.2 Å². The minimum atomic E-state index is -0.459. The van der Waals surface area contributed by atoms with Crippen molar-refractivity contribution in [1.29, 1.82) is 0 Å². The third-order valence-electron chi connectivity index (χ3n) is 5.86. The highest BCUT2D eigenvalue weighted by molar-refractivity contribution is 5.77. The molecule has 0 saturated carbocycles. The van der Waals surface area contributed by atoms with Crippen molar-refractivity contribution >= 4 is 17.5 Å². The van der Waals surface area contributed by atoms with E-state index in [1.807, 2.05) is 13.0 Å². The highest BCUT2D eigenvalue weighted by Crippen LogP contribution is 2.28. The maximum absolute atomic E-state index is 13.0. The number of carbonyl (C=O) groups excluding carboxylic acids is 2. The van der Waals surface area contributed by atoms with Gasteiger partial charge in [0, 0.05) is 50.2 Å². The molecular weight excluding hydrogens is 362 g/mol. The van der Waals surface area contributed by atoms with Crippen LogP contribution in [0.2, 0.25) is 0 Å². The molecule has 0 bridgehead atoms. The number of aromatic amines is 1. The fraction of sp³-hybridized carbons (Fsp3) is 0.579. The number of hydrogen-bond acceptors (Lipinski definition) is 5. The number of piperidine rings is 1. The second-order valence-corrected chi connectivity index (χ2v) is 7.48. The van der Waals surface area contributed by atoms with Crippen LogP contribution in [0.25, 0.3) is 5.65 Å². The molecule has 2 aliphatic heterocycles. The molecule has 1 fully saturated rings. The quantitative estimate of drug-likeness (QED) is 0.771. The molecule has 9 nitrogen and oxygen atoms in total. The van der Waals surface area contributed by atoms with Crippen molar-refractivity contribution in [2.45, 2.75) is 45.1 Å². The number of likely N-dealkylation sites (tertiary alicyclic amines) is 1. The summed E-state index contributed by atoms with van der Waals surface area (Å²) in [5.74, 6) is 0.0115. The first-order valence-electron chi connectivity index (χ1n) is 9.81. The van der Waals surface area contributed by atoms with Crippen LogP contribution < -0.4 is 5.56 Å². The van der Waals surface area contributed by atoms with Crippen molar-refractivity contribution in [3.05, 3.63) is 33.4 Å². The van der Waals surface area contributed by atoms with Crippen LogP contribution in [-0.2, 0) is 22.6 Å². The van der Waals surface area contributed by atoms with Crippen molar-refractivity contribution in [1.82, 2.24) is 24.4 Å². The van der Waals surface area contributed by atoms with E-state index in [2.05, 4.69) is 10.1 Å². The van der Waals surface area contributed by atoms with E-state index in [9.17, 15) is 14.4 Å². The van der Waals surface area contributed by atoms with Crippen LogP contribution in [0.1, 0.15) is 49.1 Å².